The van der Waals surface area contributed by atoms with Gasteiger partial charge in [-0.3, -0.25) is 4.31 Å². The van der Waals surface area contributed by atoms with Crippen molar-refractivity contribution in [3.05, 3.63) is 72.4 Å². The molecule has 0 atom stereocenters. The highest BCUT2D eigenvalue weighted by molar-refractivity contribution is 7.92. The van der Waals surface area contributed by atoms with Crippen molar-refractivity contribution in [2.45, 2.75) is 24.8 Å². The summed E-state index contributed by atoms with van der Waals surface area (Å²) in [5, 5.41) is 1.77. The maximum absolute atomic E-state index is 13.1. The molecular formula is C23H24N2O4S. The van der Waals surface area contributed by atoms with Crippen molar-refractivity contribution in [1.29, 1.82) is 0 Å². The highest BCUT2D eigenvalue weighted by Gasteiger charge is 2.24. The summed E-state index contributed by atoms with van der Waals surface area (Å²) < 4.78 is 32.5. The summed E-state index contributed by atoms with van der Waals surface area (Å²) >= 11 is 0. The summed E-state index contributed by atoms with van der Waals surface area (Å²) in [6.45, 7) is 2.38. The van der Waals surface area contributed by atoms with Crippen molar-refractivity contribution in [2.24, 2.45) is 0 Å². The largest absolute Gasteiger partial charge is 0.463 e. The number of pyridine rings is 1. The molecule has 0 bridgehead atoms. The predicted molar refractivity (Wildman–Crippen MR) is 119 cm³/mol. The van der Waals surface area contributed by atoms with E-state index in [0.29, 0.717) is 17.9 Å². The van der Waals surface area contributed by atoms with Crippen LogP contribution in [0.15, 0.2) is 71.9 Å². The highest BCUT2D eigenvalue weighted by Crippen LogP contribution is 2.30. The molecule has 0 aliphatic rings. The van der Waals surface area contributed by atoms with E-state index in [2.05, 4.69) is 4.98 Å². The molecule has 3 aromatic rings. The fourth-order valence-corrected chi connectivity index (χ4v) is 4.09. The van der Waals surface area contributed by atoms with Gasteiger partial charge in [-0.15, -0.1) is 0 Å². The second-order valence-corrected chi connectivity index (χ2v) is 8.67. The maximum atomic E-state index is 13.1. The van der Waals surface area contributed by atoms with E-state index in [-0.39, 0.29) is 5.03 Å². The molecule has 0 amide bonds. The molecule has 0 saturated carbocycles. The Balaban J connectivity index is 2.02. The van der Waals surface area contributed by atoms with Crippen molar-refractivity contribution in [1.82, 2.24) is 4.98 Å². The lowest BCUT2D eigenvalue weighted by Crippen LogP contribution is -2.28. The average Bonchev–Trinajstić information content (AvgIpc) is 2.77. The number of carbonyl (C=O) groups is 1. The molecule has 2 aromatic carbocycles. The minimum absolute atomic E-state index is 0.0467. The van der Waals surface area contributed by atoms with Gasteiger partial charge in [-0.05, 0) is 53.1 Å². The van der Waals surface area contributed by atoms with Crippen LogP contribution in [-0.2, 0) is 19.6 Å². The number of nitrogens with zero attached hydrogens (tertiary/aromatic N) is 2. The SMILES string of the molecule is CCCCOC(=O)/C=C/c1cc2ccccc2cc1N(C)S(=O)(=O)c1ccccn1. The number of ether oxygens (including phenoxy) is 1. The van der Waals surface area contributed by atoms with Gasteiger partial charge in [0.2, 0.25) is 0 Å². The third-order valence-electron chi connectivity index (χ3n) is 4.64. The van der Waals surface area contributed by atoms with Gasteiger partial charge in [0.05, 0.1) is 12.3 Å². The number of hydrogen-bond donors (Lipinski definition) is 0. The van der Waals surface area contributed by atoms with E-state index in [4.69, 9.17) is 4.74 Å². The molecule has 0 aliphatic heterocycles. The van der Waals surface area contributed by atoms with Crippen LogP contribution >= 0.6 is 0 Å². The first-order chi connectivity index (χ1) is 14.4. The average molecular weight is 425 g/mol. The molecule has 0 fully saturated rings. The summed E-state index contributed by atoms with van der Waals surface area (Å²) in [5.74, 6) is -0.460. The fourth-order valence-electron chi connectivity index (χ4n) is 2.94. The van der Waals surface area contributed by atoms with Gasteiger partial charge in [0.25, 0.3) is 10.0 Å². The lowest BCUT2D eigenvalue weighted by atomic mass is 10.0. The van der Waals surface area contributed by atoms with Crippen LogP contribution in [-0.4, -0.2) is 33.0 Å². The quantitative estimate of drug-likeness (QED) is 0.304. The van der Waals surface area contributed by atoms with E-state index in [1.54, 1.807) is 24.3 Å². The van der Waals surface area contributed by atoms with Crippen LogP contribution in [0.3, 0.4) is 0 Å². The van der Waals surface area contributed by atoms with E-state index in [1.165, 1.54) is 29.7 Å². The van der Waals surface area contributed by atoms with Crippen molar-refractivity contribution < 1.29 is 17.9 Å². The summed E-state index contributed by atoms with van der Waals surface area (Å²) in [5.41, 5.74) is 1.03. The maximum Gasteiger partial charge on any atom is 0.330 e. The molecule has 6 nitrogen and oxygen atoms in total. The first-order valence-electron chi connectivity index (χ1n) is 9.71. The van der Waals surface area contributed by atoms with E-state index < -0.39 is 16.0 Å². The highest BCUT2D eigenvalue weighted by atomic mass is 32.2. The minimum atomic E-state index is -3.87. The molecule has 0 saturated heterocycles. The van der Waals surface area contributed by atoms with Crippen LogP contribution in [0.25, 0.3) is 16.8 Å². The summed E-state index contributed by atoms with van der Waals surface area (Å²) in [6.07, 6.45) is 6.08. The molecule has 3 rings (SSSR count). The van der Waals surface area contributed by atoms with E-state index in [0.717, 1.165) is 23.6 Å². The smallest absolute Gasteiger partial charge is 0.330 e. The number of sulfonamides is 1. The fraction of sp³-hybridized carbons (Fsp3) is 0.217. The lowest BCUT2D eigenvalue weighted by molar-refractivity contribution is -0.137. The second kappa shape index (κ2) is 9.54. The van der Waals surface area contributed by atoms with Gasteiger partial charge < -0.3 is 4.74 Å². The Morgan fingerprint density at radius 3 is 2.47 bits per heavy atom. The Labute approximate surface area is 176 Å². The molecule has 0 radical (unpaired) electrons. The van der Waals surface area contributed by atoms with Crippen LogP contribution < -0.4 is 4.31 Å². The number of aromatic nitrogens is 1. The van der Waals surface area contributed by atoms with Crippen LogP contribution in [0.2, 0.25) is 0 Å². The number of carbonyl (C=O) groups excluding carboxylic acids is 1. The third-order valence-corrected chi connectivity index (χ3v) is 6.33. The van der Waals surface area contributed by atoms with Gasteiger partial charge in [-0.2, -0.15) is 8.42 Å². The van der Waals surface area contributed by atoms with Crippen LogP contribution in [0.4, 0.5) is 5.69 Å². The van der Waals surface area contributed by atoms with E-state index >= 15 is 0 Å². The number of hydrogen-bond acceptors (Lipinski definition) is 5. The zero-order valence-electron chi connectivity index (χ0n) is 17.0. The Morgan fingerprint density at radius 1 is 1.10 bits per heavy atom. The van der Waals surface area contributed by atoms with E-state index in [9.17, 15) is 13.2 Å². The topological polar surface area (TPSA) is 76.6 Å². The van der Waals surface area contributed by atoms with Gasteiger partial charge >= 0.3 is 5.97 Å². The van der Waals surface area contributed by atoms with Crippen molar-refractivity contribution in [2.75, 3.05) is 18.0 Å². The molecule has 156 valence electrons. The third kappa shape index (κ3) is 4.86. The molecule has 1 aromatic heterocycles. The van der Waals surface area contributed by atoms with E-state index in [1.807, 2.05) is 37.3 Å². The lowest BCUT2D eigenvalue weighted by Gasteiger charge is -2.21. The minimum Gasteiger partial charge on any atom is -0.463 e. The summed E-state index contributed by atoms with van der Waals surface area (Å²) in [6, 6.07) is 16.0. The molecule has 0 aliphatic carbocycles. The first-order valence-corrected chi connectivity index (χ1v) is 11.1. The Bertz CT molecular complexity index is 1160. The molecule has 7 heteroatoms. The number of fused-ring (bicyclic) bond motifs is 1. The van der Waals surface area contributed by atoms with Crippen molar-refractivity contribution in [3.63, 3.8) is 0 Å². The molecular weight excluding hydrogens is 400 g/mol. The standard InChI is InChI=1S/C23H24N2O4S/c1-3-4-15-29-23(26)13-12-20-16-18-9-5-6-10-19(18)17-21(20)25(2)30(27,28)22-11-7-8-14-24-22/h5-14,16-17H,3-4,15H2,1-2H3/b13-12+. The van der Waals surface area contributed by atoms with Crippen LogP contribution in [0.5, 0.6) is 0 Å². The van der Waals surface area contributed by atoms with Crippen molar-refractivity contribution in [3.8, 4) is 0 Å². The van der Waals surface area contributed by atoms with Gasteiger partial charge in [-0.25, -0.2) is 9.78 Å². The Morgan fingerprint density at radius 2 is 1.80 bits per heavy atom. The zero-order chi connectivity index (χ0) is 21.6. The van der Waals surface area contributed by atoms with Crippen LogP contribution in [0, 0.1) is 0 Å². The van der Waals surface area contributed by atoms with Gasteiger partial charge in [-0.1, -0.05) is 43.7 Å². The summed E-state index contributed by atoms with van der Waals surface area (Å²) in [7, 11) is -2.39. The number of benzene rings is 2. The predicted octanol–water partition coefficient (Wildman–Crippen LogP) is 4.42. The van der Waals surface area contributed by atoms with Gasteiger partial charge in [0, 0.05) is 19.3 Å². The zero-order valence-corrected chi connectivity index (χ0v) is 17.8. The number of unbranched alkanes of at least 4 members (excludes halogenated alkanes) is 1. The van der Waals surface area contributed by atoms with Gasteiger partial charge in [0.1, 0.15) is 0 Å². The Kier molecular flexibility index (Phi) is 6.84. The monoisotopic (exact) mass is 424 g/mol. The second-order valence-electron chi connectivity index (χ2n) is 6.75. The van der Waals surface area contributed by atoms with Crippen LogP contribution in [0.1, 0.15) is 25.3 Å². The number of esters is 1. The number of rotatable bonds is 8. The molecule has 0 spiro atoms. The Hall–Kier alpha value is -3.19. The summed E-state index contributed by atoms with van der Waals surface area (Å²) in [4.78, 5) is 16.0. The molecule has 1 heterocycles. The molecule has 0 unspecified atom stereocenters. The normalized spacial score (nSPS) is 11.7. The molecule has 0 N–H and O–H groups in total. The van der Waals surface area contributed by atoms with Crippen molar-refractivity contribution >= 4 is 38.5 Å². The van der Waals surface area contributed by atoms with Gasteiger partial charge in [0.15, 0.2) is 5.03 Å². The first kappa shape index (κ1) is 21.5. The molecule has 30 heavy (non-hydrogen) atoms. The number of anilines is 1.